The van der Waals surface area contributed by atoms with Crippen LogP contribution in [0, 0.1) is 5.92 Å². The minimum absolute atomic E-state index is 0.698. The van der Waals surface area contributed by atoms with Crippen molar-refractivity contribution in [3.05, 3.63) is 35.3 Å². The SMILES string of the molecule is C=C/C=C1\C(=C/C)SCC1C. The molecule has 1 saturated heterocycles. The smallest absolute Gasteiger partial charge is 0.00645 e. The molecule has 0 aromatic carbocycles. The first-order valence-electron chi connectivity index (χ1n) is 3.91. The molecule has 0 aliphatic carbocycles. The third kappa shape index (κ3) is 1.78. The Bertz CT molecular complexity index is 211. The highest BCUT2D eigenvalue weighted by atomic mass is 32.2. The maximum absolute atomic E-state index is 3.71. The third-order valence-electron chi connectivity index (χ3n) is 1.86. The summed E-state index contributed by atoms with van der Waals surface area (Å²) in [4.78, 5) is 1.43. The Hall–Kier alpha value is -0.430. The Morgan fingerprint density at radius 2 is 2.36 bits per heavy atom. The molecule has 0 amide bonds. The zero-order chi connectivity index (χ0) is 8.27. The van der Waals surface area contributed by atoms with Crippen molar-refractivity contribution in [3.63, 3.8) is 0 Å². The summed E-state index contributed by atoms with van der Waals surface area (Å²) in [6.45, 7) is 8.07. The highest BCUT2D eigenvalue weighted by Crippen LogP contribution is 2.39. The summed E-state index contributed by atoms with van der Waals surface area (Å²) in [5.41, 5.74) is 1.45. The van der Waals surface area contributed by atoms with Crippen LogP contribution in [-0.4, -0.2) is 5.75 Å². The lowest BCUT2D eigenvalue weighted by molar-refractivity contribution is 0.821. The van der Waals surface area contributed by atoms with Crippen molar-refractivity contribution in [1.82, 2.24) is 0 Å². The predicted molar refractivity (Wildman–Crippen MR) is 53.7 cm³/mol. The lowest BCUT2D eigenvalue weighted by Crippen LogP contribution is -1.92. The Labute approximate surface area is 73.1 Å². The summed E-state index contributed by atoms with van der Waals surface area (Å²) >= 11 is 1.94. The van der Waals surface area contributed by atoms with E-state index in [1.807, 2.05) is 17.8 Å². The van der Waals surface area contributed by atoms with E-state index in [9.17, 15) is 0 Å². The first-order chi connectivity index (χ1) is 5.29. The second-order valence-corrected chi connectivity index (χ2v) is 3.78. The van der Waals surface area contributed by atoms with Crippen molar-refractivity contribution in [3.8, 4) is 0 Å². The second kappa shape index (κ2) is 3.82. The molecule has 1 aliphatic rings. The first kappa shape index (κ1) is 8.66. The van der Waals surface area contributed by atoms with E-state index in [4.69, 9.17) is 0 Å². The van der Waals surface area contributed by atoms with Crippen LogP contribution in [0.15, 0.2) is 35.3 Å². The molecular weight excluding hydrogens is 152 g/mol. The summed E-state index contributed by atoms with van der Waals surface area (Å²) < 4.78 is 0. The molecule has 1 aliphatic heterocycles. The van der Waals surface area contributed by atoms with Gasteiger partial charge in [-0.3, -0.25) is 0 Å². The molecule has 1 rings (SSSR count). The van der Waals surface area contributed by atoms with Crippen LogP contribution < -0.4 is 0 Å². The fourth-order valence-corrected chi connectivity index (χ4v) is 2.47. The topological polar surface area (TPSA) is 0 Å². The van der Waals surface area contributed by atoms with Crippen LogP contribution in [0.4, 0.5) is 0 Å². The average molecular weight is 166 g/mol. The van der Waals surface area contributed by atoms with Gasteiger partial charge in [0, 0.05) is 10.7 Å². The van der Waals surface area contributed by atoms with Crippen molar-refractivity contribution in [2.75, 3.05) is 5.75 Å². The highest BCUT2D eigenvalue weighted by molar-refractivity contribution is 8.03. The maximum atomic E-state index is 3.71. The molecule has 1 fully saturated rings. The Balaban J connectivity index is 2.88. The van der Waals surface area contributed by atoms with Gasteiger partial charge in [0.2, 0.25) is 0 Å². The van der Waals surface area contributed by atoms with E-state index in [1.165, 1.54) is 16.2 Å². The fraction of sp³-hybridized carbons (Fsp3) is 0.400. The van der Waals surface area contributed by atoms with E-state index in [0.717, 1.165) is 0 Å². The Morgan fingerprint density at radius 3 is 2.91 bits per heavy atom. The summed E-state index contributed by atoms with van der Waals surface area (Å²) in [7, 11) is 0. The van der Waals surface area contributed by atoms with Crippen molar-refractivity contribution < 1.29 is 0 Å². The summed E-state index contributed by atoms with van der Waals surface area (Å²) in [6.07, 6.45) is 6.19. The standard InChI is InChI=1S/C10H14S/c1-4-6-9-8(3)7-11-10(9)5-2/h4-6,8H,1,7H2,2-3H3/b9-6-,10-5+. The molecule has 0 spiro atoms. The zero-order valence-corrected chi connectivity index (χ0v) is 7.95. The second-order valence-electron chi connectivity index (χ2n) is 2.72. The minimum Gasteiger partial charge on any atom is -0.126 e. The monoisotopic (exact) mass is 166 g/mol. The van der Waals surface area contributed by atoms with Crippen molar-refractivity contribution in [1.29, 1.82) is 0 Å². The van der Waals surface area contributed by atoms with Gasteiger partial charge < -0.3 is 0 Å². The molecule has 1 unspecified atom stereocenters. The largest absolute Gasteiger partial charge is 0.126 e. The summed E-state index contributed by atoms with van der Waals surface area (Å²) in [5, 5.41) is 0. The van der Waals surface area contributed by atoms with E-state index in [2.05, 4.69) is 32.6 Å². The zero-order valence-electron chi connectivity index (χ0n) is 7.13. The van der Waals surface area contributed by atoms with E-state index in [-0.39, 0.29) is 0 Å². The molecule has 1 heterocycles. The molecule has 0 radical (unpaired) electrons. The van der Waals surface area contributed by atoms with E-state index < -0.39 is 0 Å². The lowest BCUT2D eigenvalue weighted by atomic mass is 10.0. The van der Waals surface area contributed by atoms with Gasteiger partial charge in [-0.2, -0.15) is 0 Å². The van der Waals surface area contributed by atoms with Crippen LogP contribution in [0.1, 0.15) is 13.8 Å². The van der Waals surface area contributed by atoms with Gasteiger partial charge in [0.15, 0.2) is 0 Å². The molecule has 0 aromatic heterocycles. The van der Waals surface area contributed by atoms with Gasteiger partial charge in [0.25, 0.3) is 0 Å². The van der Waals surface area contributed by atoms with Crippen molar-refractivity contribution in [2.45, 2.75) is 13.8 Å². The van der Waals surface area contributed by atoms with Crippen molar-refractivity contribution >= 4 is 11.8 Å². The molecule has 60 valence electrons. The molecule has 1 heteroatoms. The molecule has 0 saturated carbocycles. The van der Waals surface area contributed by atoms with E-state index in [0.29, 0.717) is 5.92 Å². The predicted octanol–water partition coefficient (Wildman–Crippen LogP) is 3.39. The fourth-order valence-electron chi connectivity index (χ4n) is 1.25. The van der Waals surface area contributed by atoms with Crippen LogP contribution in [0.2, 0.25) is 0 Å². The van der Waals surface area contributed by atoms with Crippen LogP contribution in [-0.2, 0) is 0 Å². The lowest BCUT2D eigenvalue weighted by Gasteiger charge is -2.01. The van der Waals surface area contributed by atoms with Crippen molar-refractivity contribution in [2.24, 2.45) is 5.92 Å². The van der Waals surface area contributed by atoms with Gasteiger partial charge >= 0.3 is 0 Å². The number of hydrogen-bond donors (Lipinski definition) is 0. The Morgan fingerprint density at radius 1 is 1.64 bits per heavy atom. The van der Waals surface area contributed by atoms with Crippen LogP contribution in [0.5, 0.6) is 0 Å². The number of rotatable bonds is 1. The van der Waals surface area contributed by atoms with Crippen LogP contribution in [0.25, 0.3) is 0 Å². The van der Waals surface area contributed by atoms with Gasteiger partial charge in [-0.15, -0.1) is 11.8 Å². The molecule has 11 heavy (non-hydrogen) atoms. The number of thioether (sulfide) groups is 1. The molecule has 1 atom stereocenters. The van der Waals surface area contributed by atoms with Gasteiger partial charge in [-0.1, -0.05) is 31.7 Å². The summed E-state index contributed by atoms with van der Waals surface area (Å²) in [5.74, 6) is 1.92. The third-order valence-corrected chi connectivity index (χ3v) is 3.31. The first-order valence-corrected chi connectivity index (χ1v) is 4.90. The normalized spacial score (nSPS) is 31.6. The van der Waals surface area contributed by atoms with Gasteiger partial charge in [0.05, 0.1) is 0 Å². The van der Waals surface area contributed by atoms with Crippen LogP contribution in [0.3, 0.4) is 0 Å². The van der Waals surface area contributed by atoms with E-state index in [1.54, 1.807) is 0 Å². The quantitative estimate of drug-likeness (QED) is 0.575. The minimum atomic E-state index is 0.698. The van der Waals surface area contributed by atoms with E-state index >= 15 is 0 Å². The summed E-state index contributed by atoms with van der Waals surface area (Å²) in [6, 6.07) is 0. The van der Waals surface area contributed by atoms with Gasteiger partial charge in [0.1, 0.15) is 0 Å². The molecule has 0 nitrogen and oxygen atoms in total. The Kier molecular flexibility index (Phi) is 3.01. The van der Waals surface area contributed by atoms with Gasteiger partial charge in [-0.05, 0) is 18.4 Å². The van der Waals surface area contributed by atoms with Gasteiger partial charge in [-0.25, -0.2) is 0 Å². The maximum Gasteiger partial charge on any atom is 0.00645 e. The molecule has 0 aromatic rings. The number of allylic oxidation sites excluding steroid dienone is 4. The van der Waals surface area contributed by atoms with Crippen LogP contribution >= 0.6 is 11.8 Å². The molecule has 0 N–H and O–H groups in total. The molecular formula is C10H14S. The molecule has 0 bridgehead atoms. The number of hydrogen-bond acceptors (Lipinski definition) is 1. The highest BCUT2D eigenvalue weighted by Gasteiger charge is 2.20. The average Bonchev–Trinajstić information content (AvgIpc) is 2.34.